The van der Waals surface area contributed by atoms with Gasteiger partial charge in [0.1, 0.15) is 5.75 Å². The fraction of sp³-hybridized carbons (Fsp3) is 0.391. The summed E-state index contributed by atoms with van der Waals surface area (Å²) in [5, 5.41) is 5.78. The molecule has 3 rings (SSSR count). The first-order valence-electron chi connectivity index (χ1n) is 10.2. The summed E-state index contributed by atoms with van der Waals surface area (Å²) in [5.74, 6) is 0.390. The summed E-state index contributed by atoms with van der Waals surface area (Å²) in [4.78, 5) is 27.5. The van der Waals surface area contributed by atoms with Crippen molar-refractivity contribution in [2.45, 2.75) is 39.2 Å². The van der Waals surface area contributed by atoms with Gasteiger partial charge in [-0.3, -0.25) is 14.5 Å². The molecule has 0 aromatic heterocycles. The van der Waals surface area contributed by atoms with E-state index >= 15 is 0 Å². The van der Waals surface area contributed by atoms with Crippen LogP contribution < -0.4 is 15.4 Å². The van der Waals surface area contributed by atoms with Crippen LogP contribution >= 0.6 is 0 Å². The van der Waals surface area contributed by atoms with Gasteiger partial charge in [0.15, 0.2) is 0 Å². The first kappa shape index (κ1) is 20.9. The number of rotatable bonds is 7. The largest absolute Gasteiger partial charge is 0.494 e. The van der Waals surface area contributed by atoms with Crippen LogP contribution in [0.2, 0.25) is 0 Å². The zero-order valence-electron chi connectivity index (χ0n) is 17.1. The maximum atomic E-state index is 12.8. The van der Waals surface area contributed by atoms with E-state index in [4.69, 9.17) is 4.74 Å². The fourth-order valence-electron chi connectivity index (χ4n) is 3.56. The molecule has 0 radical (unpaired) electrons. The Labute approximate surface area is 172 Å². The molecular weight excluding hydrogens is 366 g/mol. The minimum atomic E-state index is -0.267. The van der Waals surface area contributed by atoms with E-state index in [1.165, 1.54) is 6.42 Å². The molecule has 0 saturated carbocycles. The second kappa shape index (κ2) is 10.1. The van der Waals surface area contributed by atoms with Crippen LogP contribution in [0.4, 0.5) is 11.4 Å². The maximum Gasteiger partial charge on any atom is 0.257 e. The van der Waals surface area contributed by atoms with Crippen molar-refractivity contribution in [3.63, 3.8) is 0 Å². The monoisotopic (exact) mass is 395 g/mol. The van der Waals surface area contributed by atoms with Crippen molar-refractivity contribution < 1.29 is 14.3 Å². The summed E-state index contributed by atoms with van der Waals surface area (Å²) in [5.41, 5.74) is 1.62. The van der Waals surface area contributed by atoms with E-state index in [0.717, 1.165) is 25.1 Å². The number of nitrogens with zero attached hydrogens (tertiary/aromatic N) is 1. The number of para-hydroxylation sites is 1. The molecule has 1 fully saturated rings. The van der Waals surface area contributed by atoms with Crippen LogP contribution in [0.15, 0.2) is 48.5 Å². The molecule has 1 atom stereocenters. The zero-order chi connectivity index (χ0) is 20.6. The molecule has 29 heavy (non-hydrogen) atoms. The van der Waals surface area contributed by atoms with Crippen LogP contribution in [0.3, 0.4) is 0 Å². The van der Waals surface area contributed by atoms with Gasteiger partial charge in [-0.05, 0) is 69.6 Å². The average molecular weight is 396 g/mol. The number of hydrogen-bond acceptors (Lipinski definition) is 4. The van der Waals surface area contributed by atoms with Gasteiger partial charge >= 0.3 is 0 Å². The molecule has 6 heteroatoms. The van der Waals surface area contributed by atoms with E-state index in [-0.39, 0.29) is 11.8 Å². The number of carbonyl (C=O) groups is 2. The molecule has 0 aliphatic carbocycles. The summed E-state index contributed by atoms with van der Waals surface area (Å²) < 4.78 is 5.42. The Bertz CT molecular complexity index is 836. The van der Waals surface area contributed by atoms with E-state index in [1.807, 2.05) is 25.1 Å². The first-order chi connectivity index (χ1) is 14.1. The molecule has 154 valence electrons. The van der Waals surface area contributed by atoms with Crippen molar-refractivity contribution in [1.82, 2.24) is 4.90 Å². The topological polar surface area (TPSA) is 70.7 Å². The van der Waals surface area contributed by atoms with Crippen LogP contribution in [-0.4, -0.2) is 42.5 Å². The third-order valence-electron chi connectivity index (χ3n) is 5.16. The summed E-state index contributed by atoms with van der Waals surface area (Å²) in [6, 6.07) is 14.7. The molecule has 6 nitrogen and oxygen atoms in total. The number of amides is 2. The highest BCUT2D eigenvalue weighted by molar-refractivity contribution is 6.10. The Balaban J connectivity index is 1.64. The Morgan fingerprint density at radius 3 is 2.55 bits per heavy atom. The van der Waals surface area contributed by atoms with Crippen molar-refractivity contribution in [2.24, 2.45) is 0 Å². The Morgan fingerprint density at radius 1 is 1.07 bits per heavy atom. The van der Waals surface area contributed by atoms with Crippen molar-refractivity contribution in [1.29, 1.82) is 0 Å². The lowest BCUT2D eigenvalue weighted by atomic mass is 10.0. The highest BCUT2D eigenvalue weighted by Crippen LogP contribution is 2.20. The maximum absolute atomic E-state index is 12.8. The number of ether oxygens (including phenoxy) is 1. The number of nitrogens with one attached hydrogen (secondary N) is 2. The first-order valence-corrected chi connectivity index (χ1v) is 10.2. The van der Waals surface area contributed by atoms with Crippen LogP contribution in [0.1, 0.15) is 43.5 Å². The van der Waals surface area contributed by atoms with Crippen LogP contribution in [-0.2, 0) is 4.79 Å². The predicted molar refractivity (Wildman–Crippen MR) is 116 cm³/mol. The molecule has 2 aromatic carbocycles. The Hall–Kier alpha value is -2.86. The van der Waals surface area contributed by atoms with Gasteiger partial charge in [-0.25, -0.2) is 0 Å². The Kier molecular flexibility index (Phi) is 7.25. The van der Waals surface area contributed by atoms with Gasteiger partial charge in [0.2, 0.25) is 5.91 Å². The molecule has 1 saturated heterocycles. The molecular formula is C23H29N3O3. The molecule has 2 amide bonds. The summed E-state index contributed by atoms with van der Waals surface area (Å²) >= 11 is 0. The van der Waals surface area contributed by atoms with Gasteiger partial charge in [0.05, 0.1) is 24.4 Å². The van der Waals surface area contributed by atoms with E-state index in [9.17, 15) is 9.59 Å². The third kappa shape index (κ3) is 5.81. The lowest BCUT2D eigenvalue weighted by Gasteiger charge is -2.32. The number of anilines is 2. The van der Waals surface area contributed by atoms with Crippen molar-refractivity contribution in [3.8, 4) is 5.75 Å². The van der Waals surface area contributed by atoms with Gasteiger partial charge in [-0.15, -0.1) is 0 Å². The highest BCUT2D eigenvalue weighted by atomic mass is 16.5. The lowest BCUT2D eigenvalue weighted by molar-refractivity contribution is -0.118. The summed E-state index contributed by atoms with van der Waals surface area (Å²) in [6.45, 7) is 5.96. The Morgan fingerprint density at radius 2 is 1.83 bits per heavy atom. The van der Waals surface area contributed by atoms with Crippen molar-refractivity contribution in [3.05, 3.63) is 54.1 Å². The van der Waals surface area contributed by atoms with Crippen LogP contribution in [0.5, 0.6) is 5.75 Å². The van der Waals surface area contributed by atoms with E-state index in [2.05, 4.69) is 22.5 Å². The predicted octanol–water partition coefficient (Wildman–Crippen LogP) is 4.15. The number of hydrogen-bond donors (Lipinski definition) is 2. The highest BCUT2D eigenvalue weighted by Gasteiger charge is 2.21. The minimum absolute atomic E-state index is 0.0972. The number of carbonyl (C=O) groups excluding carboxylic acids is 2. The SMILES string of the molecule is CCOc1ccc(NC(=O)c2ccccc2NC(=O)CN2CCCC[C@H]2C)cc1. The number of piperidine rings is 1. The van der Waals surface area contributed by atoms with E-state index < -0.39 is 0 Å². The number of benzene rings is 2. The van der Waals surface area contributed by atoms with E-state index in [1.54, 1.807) is 30.3 Å². The zero-order valence-corrected chi connectivity index (χ0v) is 17.1. The quantitative estimate of drug-likeness (QED) is 0.739. The second-order valence-corrected chi connectivity index (χ2v) is 7.32. The fourth-order valence-corrected chi connectivity index (χ4v) is 3.56. The van der Waals surface area contributed by atoms with Gasteiger partial charge in [0.25, 0.3) is 5.91 Å². The number of likely N-dealkylation sites (tertiary alicyclic amines) is 1. The molecule has 1 aliphatic heterocycles. The molecule has 2 N–H and O–H groups in total. The summed E-state index contributed by atoms with van der Waals surface area (Å²) in [7, 11) is 0. The molecule has 0 spiro atoms. The molecule has 0 bridgehead atoms. The second-order valence-electron chi connectivity index (χ2n) is 7.32. The van der Waals surface area contributed by atoms with Gasteiger partial charge in [-0.2, -0.15) is 0 Å². The standard InChI is InChI=1S/C23H29N3O3/c1-3-29-19-13-11-18(12-14-19)24-23(28)20-9-4-5-10-21(20)25-22(27)16-26-15-7-6-8-17(26)2/h4-5,9-14,17H,3,6-8,15-16H2,1-2H3,(H,24,28)(H,25,27)/t17-/m1/s1. The smallest absolute Gasteiger partial charge is 0.257 e. The average Bonchev–Trinajstić information content (AvgIpc) is 2.72. The molecule has 1 heterocycles. The minimum Gasteiger partial charge on any atom is -0.494 e. The van der Waals surface area contributed by atoms with Gasteiger partial charge < -0.3 is 15.4 Å². The van der Waals surface area contributed by atoms with Crippen molar-refractivity contribution in [2.75, 3.05) is 30.3 Å². The van der Waals surface area contributed by atoms with Gasteiger partial charge in [-0.1, -0.05) is 18.6 Å². The lowest BCUT2D eigenvalue weighted by Crippen LogP contribution is -2.42. The van der Waals surface area contributed by atoms with Crippen LogP contribution in [0.25, 0.3) is 0 Å². The van der Waals surface area contributed by atoms with Gasteiger partial charge in [0, 0.05) is 11.7 Å². The molecule has 2 aromatic rings. The van der Waals surface area contributed by atoms with Crippen molar-refractivity contribution >= 4 is 23.2 Å². The third-order valence-corrected chi connectivity index (χ3v) is 5.16. The normalized spacial score (nSPS) is 16.8. The molecule has 1 aliphatic rings. The molecule has 0 unspecified atom stereocenters. The van der Waals surface area contributed by atoms with E-state index in [0.29, 0.717) is 36.1 Å². The van der Waals surface area contributed by atoms with Crippen LogP contribution in [0, 0.1) is 0 Å². The summed E-state index contributed by atoms with van der Waals surface area (Å²) in [6.07, 6.45) is 3.46.